The Hall–Kier alpha value is -0.940. The van der Waals surface area contributed by atoms with E-state index in [2.05, 4.69) is 17.7 Å². The maximum absolute atomic E-state index is 10.7. The molecule has 0 aliphatic carbocycles. The third-order valence-corrected chi connectivity index (χ3v) is 4.54. The van der Waals surface area contributed by atoms with Crippen molar-refractivity contribution in [1.82, 2.24) is 9.62 Å². The van der Waals surface area contributed by atoms with Crippen LogP contribution in [0.4, 0.5) is 0 Å². The van der Waals surface area contributed by atoms with Crippen LogP contribution in [-0.2, 0) is 4.79 Å². The number of allylic oxidation sites excluding steroid dienone is 2. The van der Waals surface area contributed by atoms with E-state index in [9.17, 15) is 4.79 Å². The quantitative estimate of drug-likeness (QED) is 0.553. The Morgan fingerprint density at radius 3 is 3.12 bits per heavy atom. The zero-order valence-corrected chi connectivity index (χ0v) is 10.2. The van der Waals surface area contributed by atoms with E-state index >= 15 is 0 Å². The van der Waals surface area contributed by atoms with Crippen molar-refractivity contribution >= 4 is 18.4 Å². The molecule has 0 saturated carbocycles. The minimum Gasteiger partial charge on any atom is -0.344 e. The second kappa shape index (κ2) is 4.51. The Bertz CT molecular complexity index is 342. The number of amides is 1. The van der Waals surface area contributed by atoms with Gasteiger partial charge in [0.1, 0.15) is 0 Å². The third kappa shape index (κ3) is 1.97. The fourth-order valence-corrected chi connectivity index (χ4v) is 3.03. The number of carbonyl (C=O) groups excluding carboxylic acids is 1. The number of carbonyl (C=O) groups is 1. The molecule has 2 rings (SSSR count). The van der Waals surface area contributed by atoms with Crippen LogP contribution < -0.4 is 10.5 Å². The van der Waals surface area contributed by atoms with Gasteiger partial charge in [-0.2, -0.15) is 0 Å². The summed E-state index contributed by atoms with van der Waals surface area (Å²) in [6, 6.07) is -0.00139. The Kier molecular flexibility index (Phi) is 3.25. The molecule has 0 spiro atoms. The Morgan fingerprint density at radius 2 is 2.56 bits per heavy atom. The lowest BCUT2D eigenvalue weighted by atomic mass is 9.76. The van der Waals surface area contributed by atoms with Gasteiger partial charge in [-0.25, -0.2) is 0 Å². The molecule has 1 fully saturated rings. The van der Waals surface area contributed by atoms with Crippen LogP contribution in [0.3, 0.4) is 0 Å². The van der Waals surface area contributed by atoms with Crippen molar-refractivity contribution in [2.24, 2.45) is 11.1 Å². The number of nitrogens with one attached hydrogen (secondary N) is 1. The van der Waals surface area contributed by atoms with Crippen molar-refractivity contribution in [3.63, 3.8) is 0 Å². The highest BCUT2D eigenvalue weighted by Gasteiger charge is 2.40. The summed E-state index contributed by atoms with van der Waals surface area (Å²) in [7, 11) is 0. The standard InChI is InChI=1S/C11H17N3OS/c1-11(10-3-2-5-13-16-10)4-6-14(8-15)7-9(11)12/h2-3,5,8-9,13H,4,6-7,12H2,1H3/t9-,11-/m0/s1. The van der Waals surface area contributed by atoms with Crippen LogP contribution in [0.2, 0.25) is 0 Å². The molecule has 2 atom stereocenters. The van der Waals surface area contributed by atoms with Crippen LogP contribution in [0.15, 0.2) is 23.3 Å². The van der Waals surface area contributed by atoms with Crippen molar-refractivity contribution in [2.75, 3.05) is 13.1 Å². The molecule has 5 heteroatoms. The maximum atomic E-state index is 10.7. The van der Waals surface area contributed by atoms with Crippen LogP contribution in [0.1, 0.15) is 13.3 Å². The summed E-state index contributed by atoms with van der Waals surface area (Å²) in [5, 5.41) is 0. The lowest BCUT2D eigenvalue weighted by Crippen LogP contribution is -2.54. The number of piperidine rings is 1. The van der Waals surface area contributed by atoms with Crippen molar-refractivity contribution in [3.8, 4) is 0 Å². The average molecular weight is 239 g/mol. The van der Waals surface area contributed by atoms with Gasteiger partial charge in [0.25, 0.3) is 0 Å². The smallest absolute Gasteiger partial charge is 0.209 e. The number of hydrogen-bond acceptors (Lipinski definition) is 4. The summed E-state index contributed by atoms with van der Waals surface area (Å²) in [4.78, 5) is 13.7. The molecule has 2 heterocycles. The predicted molar refractivity (Wildman–Crippen MR) is 66.3 cm³/mol. The fraction of sp³-hybridized carbons (Fsp3) is 0.545. The highest BCUT2D eigenvalue weighted by Crippen LogP contribution is 2.42. The first-order chi connectivity index (χ1) is 7.66. The summed E-state index contributed by atoms with van der Waals surface area (Å²) in [6.07, 6.45) is 7.82. The largest absolute Gasteiger partial charge is 0.344 e. The molecule has 3 N–H and O–H groups in total. The molecule has 1 amide bonds. The van der Waals surface area contributed by atoms with E-state index in [0.29, 0.717) is 6.54 Å². The van der Waals surface area contributed by atoms with E-state index in [1.807, 2.05) is 12.3 Å². The second-order valence-corrected chi connectivity index (χ2v) is 5.36. The van der Waals surface area contributed by atoms with Crippen molar-refractivity contribution in [3.05, 3.63) is 23.3 Å². The first kappa shape index (κ1) is 11.5. The fourth-order valence-electron chi connectivity index (χ4n) is 2.12. The molecule has 0 aromatic carbocycles. The van der Waals surface area contributed by atoms with E-state index in [-0.39, 0.29) is 11.5 Å². The highest BCUT2D eigenvalue weighted by atomic mass is 32.2. The van der Waals surface area contributed by atoms with Gasteiger partial charge in [0.2, 0.25) is 6.41 Å². The SMILES string of the molecule is C[C@]1(C2=CC=CNS2)CCN(C=O)C[C@@H]1N. The molecule has 0 aromatic heterocycles. The minimum absolute atomic E-state index is 0.00139. The van der Waals surface area contributed by atoms with Crippen LogP contribution >= 0.6 is 11.9 Å². The molecule has 0 unspecified atom stereocenters. The Morgan fingerprint density at radius 1 is 1.75 bits per heavy atom. The molecule has 2 aliphatic rings. The van der Waals surface area contributed by atoms with Gasteiger partial charge in [0.05, 0.1) is 0 Å². The summed E-state index contributed by atoms with van der Waals surface area (Å²) in [6.45, 7) is 3.61. The molecule has 4 nitrogen and oxygen atoms in total. The highest BCUT2D eigenvalue weighted by molar-refractivity contribution is 8.01. The maximum Gasteiger partial charge on any atom is 0.209 e. The molecule has 16 heavy (non-hydrogen) atoms. The molecule has 88 valence electrons. The van der Waals surface area contributed by atoms with Gasteiger partial charge in [0.15, 0.2) is 0 Å². The first-order valence-corrected chi connectivity index (χ1v) is 6.23. The van der Waals surface area contributed by atoms with E-state index in [0.717, 1.165) is 19.4 Å². The van der Waals surface area contributed by atoms with Crippen LogP contribution in [0.25, 0.3) is 0 Å². The monoisotopic (exact) mass is 239 g/mol. The Balaban J connectivity index is 2.15. The van der Waals surface area contributed by atoms with Gasteiger partial charge in [-0.05, 0) is 30.5 Å². The van der Waals surface area contributed by atoms with Crippen LogP contribution in [0, 0.1) is 5.41 Å². The average Bonchev–Trinajstić information content (AvgIpc) is 2.34. The van der Waals surface area contributed by atoms with Gasteiger partial charge in [-0.3, -0.25) is 4.79 Å². The summed E-state index contributed by atoms with van der Waals surface area (Å²) in [5.74, 6) is 0. The zero-order chi connectivity index (χ0) is 11.6. The molecule has 2 aliphatic heterocycles. The number of hydrogen-bond donors (Lipinski definition) is 2. The van der Waals surface area contributed by atoms with Gasteiger partial charge in [0, 0.05) is 35.7 Å². The van der Waals surface area contributed by atoms with Crippen LogP contribution in [-0.4, -0.2) is 30.4 Å². The molecule has 0 bridgehead atoms. The number of likely N-dealkylation sites (tertiary alicyclic amines) is 1. The van der Waals surface area contributed by atoms with Crippen molar-refractivity contribution < 1.29 is 4.79 Å². The molecule has 0 aromatic rings. The lowest BCUT2D eigenvalue weighted by molar-refractivity contribution is -0.120. The van der Waals surface area contributed by atoms with E-state index in [1.54, 1.807) is 16.8 Å². The number of rotatable bonds is 2. The van der Waals surface area contributed by atoms with Gasteiger partial charge in [-0.1, -0.05) is 6.92 Å². The van der Waals surface area contributed by atoms with Crippen molar-refractivity contribution in [2.45, 2.75) is 19.4 Å². The number of nitrogens with zero attached hydrogens (tertiary/aromatic N) is 1. The number of nitrogens with two attached hydrogens (primary N) is 1. The second-order valence-electron chi connectivity index (χ2n) is 4.48. The topological polar surface area (TPSA) is 58.4 Å². The summed E-state index contributed by atoms with van der Waals surface area (Å²) >= 11 is 1.62. The van der Waals surface area contributed by atoms with E-state index in [4.69, 9.17) is 5.73 Å². The lowest BCUT2D eigenvalue weighted by Gasteiger charge is -2.44. The van der Waals surface area contributed by atoms with Crippen molar-refractivity contribution in [1.29, 1.82) is 0 Å². The van der Waals surface area contributed by atoms with Gasteiger partial charge in [-0.15, -0.1) is 0 Å². The molecule has 0 radical (unpaired) electrons. The summed E-state index contributed by atoms with van der Waals surface area (Å²) in [5.41, 5.74) is 6.18. The molecule has 1 saturated heterocycles. The van der Waals surface area contributed by atoms with Gasteiger partial charge >= 0.3 is 0 Å². The van der Waals surface area contributed by atoms with Crippen LogP contribution in [0.5, 0.6) is 0 Å². The third-order valence-electron chi connectivity index (χ3n) is 3.46. The summed E-state index contributed by atoms with van der Waals surface area (Å²) < 4.78 is 3.13. The van der Waals surface area contributed by atoms with Gasteiger partial charge < -0.3 is 15.4 Å². The van der Waals surface area contributed by atoms with E-state index in [1.165, 1.54) is 4.91 Å². The first-order valence-electron chi connectivity index (χ1n) is 5.41. The minimum atomic E-state index is -0.0259. The predicted octanol–water partition coefficient (Wildman–Crippen LogP) is 0.831. The normalized spacial score (nSPS) is 34.2. The van der Waals surface area contributed by atoms with E-state index < -0.39 is 0 Å². The molecular weight excluding hydrogens is 222 g/mol. The molecular formula is C11H17N3OS. The Labute approximate surface area is 100 Å². The zero-order valence-electron chi connectivity index (χ0n) is 9.35.